The van der Waals surface area contributed by atoms with Crippen LogP contribution in [0.2, 0.25) is 0 Å². The van der Waals surface area contributed by atoms with Gasteiger partial charge in [-0.1, -0.05) is 30.0 Å². The lowest BCUT2D eigenvalue weighted by Gasteiger charge is -2.23. The molecule has 1 atom stereocenters. The average Bonchev–Trinajstić information content (AvgIpc) is 3.65. The molecule has 5 rings (SSSR count). The van der Waals surface area contributed by atoms with Gasteiger partial charge in [0.1, 0.15) is 11.5 Å². The Morgan fingerprint density at radius 3 is 2.97 bits per heavy atom. The van der Waals surface area contributed by atoms with E-state index >= 15 is 0 Å². The lowest BCUT2D eigenvalue weighted by molar-refractivity contribution is -0.129. The van der Waals surface area contributed by atoms with Crippen LogP contribution in [0, 0.1) is 0 Å². The molecule has 3 aromatic heterocycles. The third kappa shape index (κ3) is 4.69. The van der Waals surface area contributed by atoms with Crippen molar-refractivity contribution < 1.29 is 13.9 Å². The van der Waals surface area contributed by atoms with Crippen molar-refractivity contribution in [2.24, 2.45) is 0 Å². The van der Waals surface area contributed by atoms with Crippen molar-refractivity contribution in [1.82, 2.24) is 19.7 Å². The summed E-state index contributed by atoms with van der Waals surface area (Å²) >= 11 is 3.13. The number of nitrogens with zero attached hydrogens (tertiary/aromatic N) is 4. The number of carbonyl (C=O) groups excluding carboxylic acids is 1. The number of likely N-dealkylation sites (tertiary alicyclic amines) is 1. The molecule has 1 aliphatic heterocycles. The first-order valence-electron chi connectivity index (χ1n) is 10.8. The molecule has 33 heavy (non-hydrogen) atoms. The zero-order valence-electron chi connectivity index (χ0n) is 18.2. The van der Waals surface area contributed by atoms with Crippen molar-refractivity contribution in [2.45, 2.75) is 30.6 Å². The maximum absolute atomic E-state index is 13.1. The van der Waals surface area contributed by atoms with E-state index < -0.39 is 0 Å². The van der Waals surface area contributed by atoms with Gasteiger partial charge in [-0.25, -0.2) is 0 Å². The summed E-state index contributed by atoms with van der Waals surface area (Å²) in [6.07, 6.45) is 3.71. The lowest BCUT2D eigenvalue weighted by atomic mass is 10.2. The highest BCUT2D eigenvalue weighted by atomic mass is 32.2. The van der Waals surface area contributed by atoms with E-state index in [1.54, 1.807) is 24.7 Å². The van der Waals surface area contributed by atoms with Crippen molar-refractivity contribution >= 4 is 29.0 Å². The van der Waals surface area contributed by atoms with Crippen LogP contribution in [0.5, 0.6) is 5.75 Å². The van der Waals surface area contributed by atoms with Gasteiger partial charge in [0.2, 0.25) is 5.91 Å². The Labute approximate surface area is 200 Å². The fourth-order valence-electron chi connectivity index (χ4n) is 4.12. The number of thiophene rings is 1. The summed E-state index contributed by atoms with van der Waals surface area (Å²) in [5.74, 6) is 2.70. The standard InChI is InChI=1S/C24H24N4O3S2/c1-30-18-7-2-6-17(14-18)23-25-26-24(28(23)15-19-8-4-12-31-19)33-16-22(29)27-11-3-9-20(27)21-10-5-13-32-21/h2,4-8,10,12-14,20H,3,9,11,15-16H2,1H3. The molecule has 1 aliphatic rings. The molecular formula is C24H24N4O3S2. The molecule has 1 fully saturated rings. The molecule has 0 radical (unpaired) electrons. The summed E-state index contributed by atoms with van der Waals surface area (Å²) in [5.41, 5.74) is 0.892. The molecule has 1 saturated heterocycles. The number of amides is 1. The molecule has 1 aromatic carbocycles. The van der Waals surface area contributed by atoms with Crippen LogP contribution < -0.4 is 4.74 Å². The second-order valence-electron chi connectivity index (χ2n) is 7.75. The first-order valence-corrected chi connectivity index (χ1v) is 12.6. The van der Waals surface area contributed by atoms with Crippen LogP contribution in [0.15, 0.2) is 69.7 Å². The molecule has 9 heteroatoms. The SMILES string of the molecule is COc1cccc(-c2nnc(SCC(=O)N3CCCC3c3cccs3)n2Cc2ccco2)c1. The van der Waals surface area contributed by atoms with Gasteiger partial charge in [-0.2, -0.15) is 0 Å². The number of furan rings is 1. The minimum absolute atomic E-state index is 0.131. The summed E-state index contributed by atoms with van der Waals surface area (Å²) in [4.78, 5) is 16.4. The summed E-state index contributed by atoms with van der Waals surface area (Å²) < 4.78 is 12.9. The molecule has 170 valence electrons. The highest BCUT2D eigenvalue weighted by Crippen LogP contribution is 2.35. The molecule has 7 nitrogen and oxygen atoms in total. The smallest absolute Gasteiger partial charge is 0.233 e. The average molecular weight is 481 g/mol. The van der Waals surface area contributed by atoms with E-state index in [0.29, 0.717) is 23.3 Å². The third-order valence-corrected chi connectivity index (χ3v) is 7.63. The number of hydrogen-bond donors (Lipinski definition) is 0. The monoisotopic (exact) mass is 480 g/mol. The maximum atomic E-state index is 13.1. The largest absolute Gasteiger partial charge is 0.497 e. The van der Waals surface area contributed by atoms with Crippen LogP contribution in [-0.4, -0.2) is 45.0 Å². The van der Waals surface area contributed by atoms with Crippen LogP contribution in [0.1, 0.15) is 29.5 Å². The highest BCUT2D eigenvalue weighted by Gasteiger charge is 2.30. The fraction of sp³-hybridized carbons (Fsp3) is 0.292. The van der Waals surface area contributed by atoms with Crippen molar-refractivity contribution in [3.63, 3.8) is 0 Å². The van der Waals surface area contributed by atoms with Gasteiger partial charge >= 0.3 is 0 Å². The Hall–Kier alpha value is -3.04. The maximum Gasteiger partial charge on any atom is 0.233 e. The van der Waals surface area contributed by atoms with Gasteiger partial charge in [0, 0.05) is 17.0 Å². The fourth-order valence-corrected chi connectivity index (χ4v) is 5.82. The molecule has 1 amide bonds. The number of benzene rings is 1. The molecule has 0 aliphatic carbocycles. The molecule has 4 aromatic rings. The first kappa shape index (κ1) is 21.8. The third-order valence-electron chi connectivity index (χ3n) is 5.71. The van der Waals surface area contributed by atoms with Gasteiger partial charge in [-0.05, 0) is 48.6 Å². The topological polar surface area (TPSA) is 73.4 Å². The molecule has 0 bridgehead atoms. The Morgan fingerprint density at radius 1 is 1.24 bits per heavy atom. The van der Waals surface area contributed by atoms with Crippen LogP contribution in [0.4, 0.5) is 0 Å². The van der Waals surface area contributed by atoms with E-state index in [1.807, 2.05) is 51.9 Å². The van der Waals surface area contributed by atoms with Crippen LogP contribution >= 0.6 is 23.1 Å². The van der Waals surface area contributed by atoms with Gasteiger partial charge < -0.3 is 14.1 Å². The predicted molar refractivity (Wildman–Crippen MR) is 129 cm³/mol. The van der Waals surface area contributed by atoms with Crippen molar-refractivity contribution in [2.75, 3.05) is 19.4 Å². The van der Waals surface area contributed by atoms with E-state index in [4.69, 9.17) is 9.15 Å². The summed E-state index contributed by atoms with van der Waals surface area (Å²) in [6.45, 7) is 1.28. The number of carbonyl (C=O) groups is 1. The van der Waals surface area contributed by atoms with Crippen LogP contribution in [-0.2, 0) is 11.3 Å². The Morgan fingerprint density at radius 2 is 2.18 bits per heavy atom. The number of ether oxygens (including phenoxy) is 1. The first-order chi connectivity index (χ1) is 16.2. The lowest BCUT2D eigenvalue weighted by Crippen LogP contribution is -2.31. The van der Waals surface area contributed by atoms with Crippen molar-refractivity contribution in [3.05, 3.63) is 70.8 Å². The summed E-state index contributed by atoms with van der Waals surface area (Å²) in [5, 5.41) is 11.6. The number of methoxy groups -OCH3 is 1. The van der Waals surface area contributed by atoms with Crippen molar-refractivity contribution in [1.29, 1.82) is 0 Å². The number of rotatable bonds is 8. The van der Waals surface area contributed by atoms with E-state index in [-0.39, 0.29) is 11.9 Å². The minimum Gasteiger partial charge on any atom is -0.497 e. The van der Waals surface area contributed by atoms with Gasteiger partial charge in [0.15, 0.2) is 11.0 Å². The number of thioether (sulfide) groups is 1. The molecule has 1 unspecified atom stereocenters. The summed E-state index contributed by atoms with van der Waals surface area (Å²) in [6, 6.07) is 15.9. The van der Waals surface area contributed by atoms with Crippen LogP contribution in [0.3, 0.4) is 0 Å². The molecule has 0 spiro atoms. The van der Waals surface area contributed by atoms with E-state index in [0.717, 1.165) is 36.5 Å². The zero-order chi connectivity index (χ0) is 22.6. The van der Waals surface area contributed by atoms with E-state index in [9.17, 15) is 4.79 Å². The second-order valence-corrected chi connectivity index (χ2v) is 9.67. The van der Waals surface area contributed by atoms with Gasteiger partial charge in [-0.3, -0.25) is 9.36 Å². The molecule has 4 heterocycles. The van der Waals surface area contributed by atoms with Gasteiger partial charge in [-0.15, -0.1) is 21.5 Å². The second kappa shape index (κ2) is 9.84. The normalized spacial score (nSPS) is 15.8. The number of hydrogen-bond acceptors (Lipinski definition) is 7. The van der Waals surface area contributed by atoms with Crippen LogP contribution in [0.25, 0.3) is 11.4 Å². The molecule has 0 N–H and O–H groups in total. The highest BCUT2D eigenvalue weighted by molar-refractivity contribution is 7.99. The van der Waals surface area contributed by atoms with Gasteiger partial charge in [0.25, 0.3) is 0 Å². The Kier molecular flexibility index (Phi) is 6.50. The Bertz CT molecular complexity index is 1200. The molecule has 0 saturated carbocycles. The van der Waals surface area contributed by atoms with E-state index in [1.165, 1.54) is 16.6 Å². The number of aromatic nitrogens is 3. The minimum atomic E-state index is 0.131. The summed E-state index contributed by atoms with van der Waals surface area (Å²) in [7, 11) is 1.64. The molecular weight excluding hydrogens is 456 g/mol. The van der Waals surface area contributed by atoms with Gasteiger partial charge in [0.05, 0.1) is 31.7 Å². The zero-order valence-corrected chi connectivity index (χ0v) is 19.8. The van der Waals surface area contributed by atoms with E-state index in [2.05, 4.69) is 21.6 Å². The predicted octanol–water partition coefficient (Wildman–Crippen LogP) is 5.11. The Balaban J connectivity index is 1.37. The van der Waals surface area contributed by atoms with Crippen molar-refractivity contribution in [3.8, 4) is 17.1 Å². The quantitative estimate of drug-likeness (QED) is 0.326.